The lowest BCUT2D eigenvalue weighted by atomic mass is 10.0. The van der Waals surface area contributed by atoms with Crippen molar-refractivity contribution in [2.75, 3.05) is 11.9 Å². The van der Waals surface area contributed by atoms with Crippen LogP contribution in [0.5, 0.6) is 0 Å². The van der Waals surface area contributed by atoms with Gasteiger partial charge in [-0.25, -0.2) is 4.79 Å². The van der Waals surface area contributed by atoms with Gasteiger partial charge in [0.05, 0.1) is 11.0 Å². The Morgan fingerprint density at radius 2 is 1.96 bits per heavy atom. The number of hydrogen-bond acceptors (Lipinski definition) is 4. The Kier molecular flexibility index (Phi) is 6.47. The second kappa shape index (κ2) is 8.79. The minimum absolute atomic E-state index is 0.0385. The van der Waals surface area contributed by atoms with Crippen LogP contribution in [0.3, 0.4) is 0 Å². The maximum absolute atomic E-state index is 12.3. The largest absolute Gasteiger partial charge is 0.396 e. The lowest BCUT2D eigenvalue weighted by molar-refractivity contribution is -0.385. The van der Waals surface area contributed by atoms with E-state index in [4.69, 9.17) is 5.11 Å². The number of amides is 2. The molecule has 2 amide bonds. The van der Waals surface area contributed by atoms with Gasteiger partial charge >= 0.3 is 6.03 Å². The molecule has 2 aromatic carbocycles. The number of rotatable bonds is 7. The number of carbonyl (C=O) groups excluding carboxylic acids is 1. The fourth-order valence-corrected chi connectivity index (χ4v) is 2.51. The van der Waals surface area contributed by atoms with Crippen LogP contribution in [-0.2, 0) is 0 Å². The molecule has 0 radical (unpaired) electrons. The Morgan fingerprint density at radius 3 is 2.60 bits per heavy atom. The molecule has 1 unspecified atom stereocenters. The third-order valence-corrected chi connectivity index (χ3v) is 3.82. The van der Waals surface area contributed by atoms with Crippen LogP contribution in [0, 0.1) is 17.0 Å². The number of hydrogen-bond donors (Lipinski definition) is 3. The SMILES string of the molecule is Cc1ccc(NC(=O)NC(CCCO)c2ccccc2)cc1[N+](=O)[O-]. The molecule has 0 heterocycles. The van der Waals surface area contributed by atoms with Gasteiger partial charge in [0.15, 0.2) is 0 Å². The van der Waals surface area contributed by atoms with Crippen molar-refractivity contribution in [3.05, 3.63) is 69.8 Å². The normalized spacial score (nSPS) is 11.6. The minimum Gasteiger partial charge on any atom is -0.396 e. The molecule has 0 aliphatic rings. The standard InChI is InChI=1S/C18H21N3O4/c1-13-9-10-15(12-17(13)21(24)25)19-18(23)20-16(8-5-11-22)14-6-3-2-4-7-14/h2-4,6-7,9-10,12,16,22H,5,8,11H2,1H3,(H2,19,20,23). The Labute approximate surface area is 145 Å². The molecule has 0 spiro atoms. The highest BCUT2D eigenvalue weighted by atomic mass is 16.6. The summed E-state index contributed by atoms with van der Waals surface area (Å²) in [5, 5.41) is 25.5. The third-order valence-electron chi connectivity index (χ3n) is 3.82. The number of urea groups is 1. The van der Waals surface area contributed by atoms with E-state index in [1.54, 1.807) is 19.1 Å². The molecular formula is C18H21N3O4. The van der Waals surface area contributed by atoms with E-state index in [0.29, 0.717) is 24.1 Å². The van der Waals surface area contributed by atoms with Gasteiger partial charge in [-0.2, -0.15) is 0 Å². The molecule has 0 aromatic heterocycles. The smallest absolute Gasteiger partial charge is 0.319 e. The zero-order valence-corrected chi connectivity index (χ0v) is 13.9. The molecule has 0 aliphatic carbocycles. The Hall–Kier alpha value is -2.93. The number of carbonyl (C=O) groups is 1. The number of anilines is 1. The Morgan fingerprint density at radius 1 is 1.24 bits per heavy atom. The molecule has 1 atom stereocenters. The number of aliphatic hydroxyl groups is 1. The molecule has 7 nitrogen and oxygen atoms in total. The second-order valence-electron chi connectivity index (χ2n) is 5.69. The molecule has 0 saturated carbocycles. The van der Waals surface area contributed by atoms with E-state index in [1.807, 2.05) is 30.3 Å². The summed E-state index contributed by atoms with van der Waals surface area (Å²) in [6.45, 7) is 1.68. The van der Waals surface area contributed by atoms with Crippen molar-refractivity contribution in [1.82, 2.24) is 5.32 Å². The fraction of sp³-hybridized carbons (Fsp3) is 0.278. The fourth-order valence-electron chi connectivity index (χ4n) is 2.51. The van der Waals surface area contributed by atoms with Crippen LogP contribution in [-0.4, -0.2) is 22.7 Å². The van der Waals surface area contributed by atoms with E-state index in [1.165, 1.54) is 6.07 Å². The van der Waals surface area contributed by atoms with Crippen LogP contribution < -0.4 is 10.6 Å². The van der Waals surface area contributed by atoms with Crippen LogP contribution in [0.4, 0.5) is 16.2 Å². The molecule has 132 valence electrons. The molecule has 0 bridgehead atoms. The van der Waals surface area contributed by atoms with Gasteiger partial charge in [-0.15, -0.1) is 0 Å². The van der Waals surface area contributed by atoms with Gasteiger partial charge in [-0.05, 0) is 31.4 Å². The molecule has 25 heavy (non-hydrogen) atoms. The van der Waals surface area contributed by atoms with Gasteiger partial charge in [0.1, 0.15) is 0 Å². The van der Waals surface area contributed by atoms with Crippen molar-refractivity contribution in [2.24, 2.45) is 0 Å². The summed E-state index contributed by atoms with van der Waals surface area (Å²) in [5.74, 6) is 0. The van der Waals surface area contributed by atoms with E-state index in [9.17, 15) is 14.9 Å². The van der Waals surface area contributed by atoms with Crippen LogP contribution in [0.2, 0.25) is 0 Å². The van der Waals surface area contributed by atoms with Crippen LogP contribution in [0.25, 0.3) is 0 Å². The number of benzene rings is 2. The number of nitro groups is 1. The van der Waals surface area contributed by atoms with Gasteiger partial charge in [-0.1, -0.05) is 36.4 Å². The van der Waals surface area contributed by atoms with Gasteiger partial charge in [0.2, 0.25) is 0 Å². The lowest BCUT2D eigenvalue weighted by Crippen LogP contribution is -2.32. The zero-order valence-electron chi connectivity index (χ0n) is 13.9. The number of nitro benzene ring substituents is 1. The first-order chi connectivity index (χ1) is 12.0. The summed E-state index contributed by atoms with van der Waals surface area (Å²) in [4.78, 5) is 22.8. The summed E-state index contributed by atoms with van der Waals surface area (Å²) in [6, 6.07) is 13.3. The van der Waals surface area contributed by atoms with E-state index in [-0.39, 0.29) is 18.3 Å². The van der Waals surface area contributed by atoms with Crippen molar-refractivity contribution in [2.45, 2.75) is 25.8 Å². The number of nitrogens with one attached hydrogen (secondary N) is 2. The zero-order chi connectivity index (χ0) is 18.2. The molecular weight excluding hydrogens is 322 g/mol. The van der Waals surface area contributed by atoms with E-state index in [0.717, 1.165) is 5.56 Å². The predicted octanol–water partition coefficient (Wildman–Crippen LogP) is 3.54. The quantitative estimate of drug-likeness (QED) is 0.528. The first kappa shape index (κ1) is 18.4. The van der Waals surface area contributed by atoms with Gasteiger partial charge in [0, 0.05) is 23.9 Å². The molecule has 0 saturated heterocycles. The summed E-state index contributed by atoms with van der Waals surface area (Å²) in [6.07, 6.45) is 1.14. The average molecular weight is 343 g/mol. The first-order valence-corrected chi connectivity index (χ1v) is 7.99. The van der Waals surface area contributed by atoms with Crippen molar-refractivity contribution in [3.63, 3.8) is 0 Å². The molecule has 0 aliphatic heterocycles. The summed E-state index contributed by atoms with van der Waals surface area (Å²) < 4.78 is 0. The second-order valence-corrected chi connectivity index (χ2v) is 5.69. The number of aryl methyl sites for hydroxylation is 1. The van der Waals surface area contributed by atoms with E-state index >= 15 is 0 Å². The monoisotopic (exact) mass is 343 g/mol. The van der Waals surface area contributed by atoms with Crippen LogP contribution >= 0.6 is 0 Å². The minimum atomic E-state index is -0.480. The highest BCUT2D eigenvalue weighted by Crippen LogP contribution is 2.23. The van der Waals surface area contributed by atoms with Crippen LogP contribution in [0.1, 0.15) is 30.0 Å². The van der Waals surface area contributed by atoms with E-state index in [2.05, 4.69) is 10.6 Å². The number of aliphatic hydroxyl groups excluding tert-OH is 1. The summed E-state index contributed by atoms with van der Waals surface area (Å²) >= 11 is 0. The van der Waals surface area contributed by atoms with E-state index < -0.39 is 11.0 Å². The average Bonchev–Trinajstić information content (AvgIpc) is 2.60. The van der Waals surface area contributed by atoms with Gasteiger partial charge in [-0.3, -0.25) is 10.1 Å². The highest BCUT2D eigenvalue weighted by molar-refractivity contribution is 5.90. The molecule has 2 aromatic rings. The van der Waals surface area contributed by atoms with Gasteiger partial charge in [0.25, 0.3) is 5.69 Å². The van der Waals surface area contributed by atoms with Gasteiger partial charge < -0.3 is 15.7 Å². The van der Waals surface area contributed by atoms with Crippen molar-refractivity contribution >= 4 is 17.4 Å². The maximum Gasteiger partial charge on any atom is 0.319 e. The summed E-state index contributed by atoms with van der Waals surface area (Å²) in [5.41, 5.74) is 1.77. The predicted molar refractivity (Wildman–Crippen MR) is 95.5 cm³/mol. The van der Waals surface area contributed by atoms with Crippen molar-refractivity contribution < 1.29 is 14.8 Å². The topological polar surface area (TPSA) is 104 Å². The molecule has 0 fully saturated rings. The maximum atomic E-state index is 12.3. The molecule has 2 rings (SSSR count). The van der Waals surface area contributed by atoms with Crippen molar-refractivity contribution in [3.8, 4) is 0 Å². The Balaban J connectivity index is 2.08. The highest BCUT2D eigenvalue weighted by Gasteiger charge is 2.16. The summed E-state index contributed by atoms with van der Waals surface area (Å²) in [7, 11) is 0. The number of nitrogens with zero attached hydrogens (tertiary/aromatic N) is 1. The Bertz CT molecular complexity index is 734. The molecule has 3 N–H and O–H groups in total. The van der Waals surface area contributed by atoms with Crippen molar-refractivity contribution in [1.29, 1.82) is 0 Å². The molecule has 7 heteroatoms. The lowest BCUT2D eigenvalue weighted by Gasteiger charge is -2.19. The first-order valence-electron chi connectivity index (χ1n) is 7.99. The van der Waals surface area contributed by atoms with Crippen LogP contribution in [0.15, 0.2) is 48.5 Å². The third kappa shape index (κ3) is 5.29.